The number of nitrogens with one attached hydrogen (secondary N) is 1. The van der Waals surface area contributed by atoms with E-state index in [1.807, 2.05) is 16.7 Å². The quantitative estimate of drug-likeness (QED) is 0.802. The lowest BCUT2D eigenvalue weighted by atomic mass is 10.0. The fraction of sp³-hybridized carbons (Fsp3) is 0.833. The maximum Gasteiger partial charge on any atom is 0.247 e. The van der Waals surface area contributed by atoms with Crippen LogP contribution in [0.25, 0.3) is 0 Å². The van der Waals surface area contributed by atoms with Crippen molar-refractivity contribution in [1.29, 1.82) is 0 Å². The van der Waals surface area contributed by atoms with Gasteiger partial charge in [0.25, 0.3) is 0 Å². The zero-order valence-electron chi connectivity index (χ0n) is 10.5. The molecule has 96 valence electrons. The van der Waals surface area contributed by atoms with Gasteiger partial charge < -0.3 is 10.2 Å². The number of carbonyl (C=O) groups is 2. The van der Waals surface area contributed by atoms with Crippen molar-refractivity contribution in [2.45, 2.75) is 43.9 Å². The van der Waals surface area contributed by atoms with Crippen LogP contribution in [-0.2, 0) is 9.59 Å². The van der Waals surface area contributed by atoms with E-state index >= 15 is 0 Å². The summed E-state index contributed by atoms with van der Waals surface area (Å²) >= 11 is 1.95. The molecule has 4 nitrogen and oxygen atoms in total. The first kappa shape index (κ1) is 12.7. The van der Waals surface area contributed by atoms with Crippen molar-refractivity contribution in [1.82, 2.24) is 10.2 Å². The van der Waals surface area contributed by atoms with Gasteiger partial charge in [-0.15, -0.1) is 0 Å². The Hall–Kier alpha value is -0.710. The predicted octanol–water partition coefficient (Wildman–Crippen LogP) is 1.01. The summed E-state index contributed by atoms with van der Waals surface area (Å²) in [5, 5.41) is 3.34. The highest BCUT2D eigenvalue weighted by Gasteiger charge is 2.37. The molecule has 1 N–H and O–H groups in total. The van der Waals surface area contributed by atoms with Crippen LogP contribution in [0.2, 0.25) is 0 Å². The summed E-state index contributed by atoms with van der Waals surface area (Å²) in [6.45, 7) is 4.92. The maximum absolute atomic E-state index is 12.3. The molecule has 2 fully saturated rings. The number of hydrogen-bond acceptors (Lipinski definition) is 3. The van der Waals surface area contributed by atoms with E-state index in [2.05, 4.69) is 5.32 Å². The molecular weight excluding hydrogens is 236 g/mol. The molecule has 1 atom stereocenters. The van der Waals surface area contributed by atoms with Gasteiger partial charge in [-0.3, -0.25) is 9.59 Å². The van der Waals surface area contributed by atoms with Crippen LogP contribution in [0.3, 0.4) is 0 Å². The van der Waals surface area contributed by atoms with Crippen LogP contribution >= 0.6 is 11.8 Å². The third kappa shape index (κ3) is 2.94. The second-order valence-electron chi connectivity index (χ2n) is 5.31. The first-order valence-corrected chi connectivity index (χ1v) is 7.26. The Kier molecular flexibility index (Phi) is 3.66. The fourth-order valence-corrected chi connectivity index (χ4v) is 3.69. The summed E-state index contributed by atoms with van der Waals surface area (Å²) in [6, 6.07) is 0. The van der Waals surface area contributed by atoms with Crippen molar-refractivity contribution in [3.8, 4) is 0 Å². The molecule has 0 radical (unpaired) electrons. The van der Waals surface area contributed by atoms with Gasteiger partial charge in [-0.1, -0.05) is 0 Å². The molecule has 2 aliphatic heterocycles. The predicted molar refractivity (Wildman–Crippen MR) is 68.9 cm³/mol. The molecule has 0 aromatic rings. The van der Waals surface area contributed by atoms with E-state index in [0.29, 0.717) is 18.2 Å². The summed E-state index contributed by atoms with van der Waals surface area (Å²) in [4.78, 5) is 25.7. The van der Waals surface area contributed by atoms with Crippen LogP contribution in [0.15, 0.2) is 0 Å². The van der Waals surface area contributed by atoms with Gasteiger partial charge in [0, 0.05) is 24.8 Å². The van der Waals surface area contributed by atoms with Crippen molar-refractivity contribution in [3.05, 3.63) is 0 Å². The van der Waals surface area contributed by atoms with Gasteiger partial charge in [-0.05, 0) is 32.4 Å². The Morgan fingerprint density at radius 1 is 1.47 bits per heavy atom. The highest BCUT2D eigenvalue weighted by Crippen LogP contribution is 2.27. The van der Waals surface area contributed by atoms with Crippen LogP contribution in [0.1, 0.15) is 33.1 Å². The monoisotopic (exact) mass is 256 g/mol. The Labute approximate surface area is 106 Å². The number of thioether (sulfide) groups is 1. The smallest absolute Gasteiger partial charge is 0.247 e. The zero-order valence-corrected chi connectivity index (χ0v) is 11.3. The van der Waals surface area contributed by atoms with Gasteiger partial charge >= 0.3 is 0 Å². The molecule has 0 aromatic heterocycles. The summed E-state index contributed by atoms with van der Waals surface area (Å²) in [6.07, 6.45) is 2.86. The minimum absolute atomic E-state index is 0.0232. The number of rotatable bonds is 2. The zero-order chi connectivity index (χ0) is 12.5. The normalized spacial score (nSPS) is 29.1. The summed E-state index contributed by atoms with van der Waals surface area (Å²) in [5.74, 6) is 1.23. The Bertz CT molecular complexity index is 324. The minimum Gasteiger partial charge on any atom is -0.342 e. The average molecular weight is 256 g/mol. The average Bonchev–Trinajstić information content (AvgIpc) is 2.71. The second kappa shape index (κ2) is 4.88. The van der Waals surface area contributed by atoms with E-state index < -0.39 is 5.54 Å². The Morgan fingerprint density at radius 2 is 2.24 bits per heavy atom. The lowest BCUT2D eigenvalue weighted by Crippen LogP contribution is -2.53. The SMILES string of the molecule is CC1(C)NC(=O)CCN(CC2CCCS2)C1=O. The molecule has 2 rings (SSSR count). The van der Waals surface area contributed by atoms with Crippen molar-refractivity contribution >= 4 is 23.6 Å². The van der Waals surface area contributed by atoms with Crippen LogP contribution in [0.4, 0.5) is 0 Å². The summed E-state index contributed by atoms with van der Waals surface area (Å²) < 4.78 is 0. The van der Waals surface area contributed by atoms with Gasteiger partial charge in [0.05, 0.1) is 0 Å². The molecular formula is C12H20N2O2S. The molecule has 2 heterocycles. The lowest BCUT2D eigenvalue weighted by Gasteiger charge is -2.30. The Morgan fingerprint density at radius 3 is 2.88 bits per heavy atom. The molecule has 0 aliphatic carbocycles. The van der Waals surface area contributed by atoms with Crippen LogP contribution in [0.5, 0.6) is 0 Å². The van der Waals surface area contributed by atoms with Crippen LogP contribution in [-0.4, -0.2) is 46.3 Å². The van der Waals surface area contributed by atoms with E-state index in [1.54, 1.807) is 13.8 Å². The molecule has 0 spiro atoms. The third-order valence-electron chi connectivity index (χ3n) is 3.33. The summed E-state index contributed by atoms with van der Waals surface area (Å²) in [5.41, 5.74) is -0.753. The van der Waals surface area contributed by atoms with Crippen molar-refractivity contribution in [2.24, 2.45) is 0 Å². The molecule has 0 saturated carbocycles. The van der Waals surface area contributed by atoms with Crippen molar-refractivity contribution in [3.63, 3.8) is 0 Å². The van der Waals surface area contributed by atoms with E-state index in [1.165, 1.54) is 18.6 Å². The molecule has 2 saturated heterocycles. The maximum atomic E-state index is 12.3. The van der Waals surface area contributed by atoms with Crippen LogP contribution in [0, 0.1) is 0 Å². The summed E-state index contributed by atoms with van der Waals surface area (Å²) in [7, 11) is 0. The van der Waals surface area contributed by atoms with E-state index in [9.17, 15) is 9.59 Å². The van der Waals surface area contributed by atoms with Crippen molar-refractivity contribution in [2.75, 3.05) is 18.8 Å². The van der Waals surface area contributed by atoms with Crippen molar-refractivity contribution < 1.29 is 9.59 Å². The van der Waals surface area contributed by atoms with Gasteiger partial charge in [-0.25, -0.2) is 0 Å². The molecule has 0 bridgehead atoms. The van der Waals surface area contributed by atoms with Gasteiger partial charge in [0.15, 0.2) is 0 Å². The lowest BCUT2D eigenvalue weighted by molar-refractivity contribution is -0.137. The topological polar surface area (TPSA) is 49.4 Å². The van der Waals surface area contributed by atoms with Gasteiger partial charge in [0.1, 0.15) is 5.54 Å². The molecule has 2 amide bonds. The largest absolute Gasteiger partial charge is 0.342 e. The highest BCUT2D eigenvalue weighted by atomic mass is 32.2. The van der Waals surface area contributed by atoms with E-state index in [-0.39, 0.29) is 11.8 Å². The first-order valence-electron chi connectivity index (χ1n) is 6.21. The number of amides is 2. The number of nitrogens with zero attached hydrogens (tertiary/aromatic N) is 1. The van der Waals surface area contributed by atoms with Crippen LogP contribution < -0.4 is 5.32 Å². The molecule has 17 heavy (non-hydrogen) atoms. The number of carbonyl (C=O) groups excluding carboxylic acids is 2. The Balaban J connectivity index is 2.04. The second-order valence-corrected chi connectivity index (χ2v) is 6.72. The fourth-order valence-electron chi connectivity index (χ4n) is 2.41. The first-order chi connectivity index (χ1) is 7.99. The van der Waals surface area contributed by atoms with Gasteiger partial charge in [0.2, 0.25) is 11.8 Å². The van der Waals surface area contributed by atoms with E-state index in [4.69, 9.17) is 0 Å². The standard InChI is InChI=1S/C12H20N2O2S/c1-12(2)11(16)14(6-5-10(15)13-12)8-9-4-3-7-17-9/h9H,3-8H2,1-2H3,(H,13,15). The minimum atomic E-state index is -0.753. The van der Waals surface area contributed by atoms with E-state index in [0.717, 1.165) is 6.54 Å². The number of hydrogen-bond donors (Lipinski definition) is 1. The molecule has 0 aromatic carbocycles. The molecule has 1 unspecified atom stereocenters. The molecule has 2 aliphatic rings. The highest BCUT2D eigenvalue weighted by molar-refractivity contribution is 8.00. The molecule has 5 heteroatoms. The van der Waals surface area contributed by atoms with Gasteiger partial charge in [-0.2, -0.15) is 11.8 Å². The third-order valence-corrected chi connectivity index (χ3v) is 4.71.